The number of carbonyl (C=O) groups is 2. The molecule has 0 spiro atoms. The number of ether oxygens (including phenoxy) is 2. The summed E-state index contributed by atoms with van der Waals surface area (Å²) in [6, 6.07) is 5.02. The van der Waals surface area contributed by atoms with Crippen LogP contribution >= 0.6 is 0 Å². The Bertz CT molecular complexity index is 587. The van der Waals surface area contributed by atoms with Crippen LogP contribution in [0.3, 0.4) is 0 Å². The van der Waals surface area contributed by atoms with E-state index in [2.05, 4.69) is 5.32 Å². The summed E-state index contributed by atoms with van der Waals surface area (Å²) in [4.78, 5) is 23.4. The number of rotatable bonds is 8. The minimum atomic E-state index is -0.789. The molecule has 6 nitrogen and oxygen atoms in total. The Balaban J connectivity index is 2.03. The monoisotopic (exact) mass is 335 g/mol. The Morgan fingerprint density at radius 3 is 2.62 bits per heavy atom. The summed E-state index contributed by atoms with van der Waals surface area (Å²) in [5.41, 5.74) is 0.487. The molecule has 132 valence electrons. The third kappa shape index (κ3) is 4.63. The molecule has 0 aliphatic heterocycles. The first-order chi connectivity index (χ1) is 11.5. The molecule has 24 heavy (non-hydrogen) atoms. The van der Waals surface area contributed by atoms with Crippen molar-refractivity contribution in [1.29, 1.82) is 0 Å². The smallest absolute Gasteiger partial charge is 0.306 e. The van der Waals surface area contributed by atoms with Crippen LogP contribution in [0.5, 0.6) is 11.5 Å². The summed E-state index contributed by atoms with van der Waals surface area (Å²) in [5, 5.41) is 11.9. The number of aliphatic carboxylic acids is 1. The van der Waals surface area contributed by atoms with E-state index in [0.717, 1.165) is 6.42 Å². The maximum absolute atomic E-state index is 12.4. The minimum absolute atomic E-state index is 0.0924. The van der Waals surface area contributed by atoms with Crippen LogP contribution in [0.4, 0.5) is 0 Å². The molecule has 0 aromatic heterocycles. The SMILES string of the molecule is CCCOc1ccc(C(=O)N[C@@H]2CC[C@H](C(=O)O)C2)cc1OCC. The number of carbonyl (C=O) groups excluding carboxylic acids is 1. The molecule has 1 aromatic rings. The largest absolute Gasteiger partial charge is 0.490 e. The Morgan fingerprint density at radius 2 is 2.00 bits per heavy atom. The van der Waals surface area contributed by atoms with Crippen molar-refractivity contribution in [2.75, 3.05) is 13.2 Å². The van der Waals surface area contributed by atoms with Gasteiger partial charge in [-0.1, -0.05) is 6.92 Å². The molecule has 0 saturated heterocycles. The maximum Gasteiger partial charge on any atom is 0.306 e. The first-order valence-corrected chi connectivity index (χ1v) is 8.48. The van der Waals surface area contributed by atoms with Crippen molar-refractivity contribution in [3.63, 3.8) is 0 Å². The van der Waals surface area contributed by atoms with Gasteiger partial charge in [-0.2, -0.15) is 0 Å². The molecule has 1 saturated carbocycles. The van der Waals surface area contributed by atoms with Crippen LogP contribution in [0, 0.1) is 5.92 Å². The molecule has 1 fully saturated rings. The molecule has 1 aliphatic rings. The van der Waals surface area contributed by atoms with Gasteiger partial charge in [0, 0.05) is 11.6 Å². The normalized spacial score (nSPS) is 19.8. The zero-order valence-electron chi connectivity index (χ0n) is 14.2. The number of benzene rings is 1. The fourth-order valence-electron chi connectivity index (χ4n) is 2.85. The number of hydrogen-bond acceptors (Lipinski definition) is 4. The van der Waals surface area contributed by atoms with Crippen molar-refractivity contribution in [2.24, 2.45) is 5.92 Å². The molecule has 0 radical (unpaired) electrons. The van der Waals surface area contributed by atoms with Gasteiger partial charge in [-0.15, -0.1) is 0 Å². The molecule has 2 atom stereocenters. The molecule has 6 heteroatoms. The Morgan fingerprint density at radius 1 is 1.21 bits per heavy atom. The average Bonchev–Trinajstić information content (AvgIpc) is 3.02. The number of hydrogen-bond donors (Lipinski definition) is 2. The van der Waals surface area contributed by atoms with E-state index in [4.69, 9.17) is 14.6 Å². The molecule has 1 aromatic carbocycles. The average molecular weight is 335 g/mol. The van der Waals surface area contributed by atoms with Crippen LogP contribution < -0.4 is 14.8 Å². The molecule has 1 amide bonds. The summed E-state index contributed by atoms with van der Waals surface area (Å²) in [6.45, 7) is 4.97. The summed E-state index contributed by atoms with van der Waals surface area (Å²) in [6.07, 6.45) is 2.67. The third-order valence-corrected chi connectivity index (χ3v) is 4.08. The van der Waals surface area contributed by atoms with Crippen LogP contribution in [-0.4, -0.2) is 36.2 Å². The van der Waals surface area contributed by atoms with E-state index in [0.29, 0.717) is 49.5 Å². The highest BCUT2D eigenvalue weighted by molar-refractivity contribution is 5.95. The van der Waals surface area contributed by atoms with Gasteiger partial charge in [0.15, 0.2) is 11.5 Å². The van der Waals surface area contributed by atoms with E-state index in [1.807, 2.05) is 13.8 Å². The number of carboxylic acid groups (broad SMARTS) is 1. The number of nitrogens with one attached hydrogen (secondary N) is 1. The lowest BCUT2D eigenvalue weighted by Crippen LogP contribution is -2.33. The van der Waals surface area contributed by atoms with Gasteiger partial charge in [-0.05, 0) is 50.8 Å². The highest BCUT2D eigenvalue weighted by Gasteiger charge is 2.30. The highest BCUT2D eigenvalue weighted by Crippen LogP contribution is 2.30. The number of carboxylic acids is 1. The number of amides is 1. The second kappa shape index (κ2) is 8.57. The fourth-order valence-corrected chi connectivity index (χ4v) is 2.85. The Hall–Kier alpha value is -2.24. The van der Waals surface area contributed by atoms with E-state index in [1.54, 1.807) is 18.2 Å². The molecule has 2 N–H and O–H groups in total. The predicted octanol–water partition coefficient (Wildman–Crippen LogP) is 2.86. The summed E-state index contributed by atoms with van der Waals surface area (Å²) < 4.78 is 11.2. The van der Waals surface area contributed by atoms with E-state index in [-0.39, 0.29) is 17.9 Å². The topological polar surface area (TPSA) is 84.9 Å². The van der Waals surface area contributed by atoms with Gasteiger partial charge < -0.3 is 19.9 Å². The molecule has 2 rings (SSSR count). The summed E-state index contributed by atoms with van der Waals surface area (Å²) >= 11 is 0. The molecule has 0 bridgehead atoms. The van der Waals surface area contributed by atoms with Crippen molar-refractivity contribution in [3.8, 4) is 11.5 Å². The first kappa shape index (κ1) is 18.1. The van der Waals surface area contributed by atoms with E-state index >= 15 is 0 Å². The van der Waals surface area contributed by atoms with E-state index < -0.39 is 5.97 Å². The standard InChI is InChI=1S/C18H25NO5/c1-3-9-24-15-8-6-12(11-16(15)23-4-2)17(20)19-14-7-5-13(10-14)18(21)22/h6,8,11,13-14H,3-5,7,9-10H2,1-2H3,(H,19,20)(H,21,22)/t13-,14+/m0/s1. The van der Waals surface area contributed by atoms with Gasteiger partial charge in [0.2, 0.25) is 0 Å². The Labute approximate surface area is 142 Å². The van der Waals surface area contributed by atoms with Gasteiger partial charge in [-0.25, -0.2) is 0 Å². The van der Waals surface area contributed by atoms with Gasteiger partial charge in [0.1, 0.15) is 0 Å². The van der Waals surface area contributed by atoms with Crippen LogP contribution in [0.2, 0.25) is 0 Å². The summed E-state index contributed by atoms with van der Waals surface area (Å²) in [5.74, 6) is -0.188. The zero-order chi connectivity index (χ0) is 17.5. The lowest BCUT2D eigenvalue weighted by Gasteiger charge is -2.15. The quantitative estimate of drug-likeness (QED) is 0.763. The molecule has 1 aliphatic carbocycles. The van der Waals surface area contributed by atoms with Gasteiger partial charge in [0.05, 0.1) is 19.1 Å². The molecule has 0 heterocycles. The van der Waals surface area contributed by atoms with Crippen molar-refractivity contribution >= 4 is 11.9 Å². The fraction of sp³-hybridized carbons (Fsp3) is 0.556. The van der Waals surface area contributed by atoms with E-state index in [1.165, 1.54) is 0 Å². The van der Waals surface area contributed by atoms with Gasteiger partial charge >= 0.3 is 5.97 Å². The minimum Gasteiger partial charge on any atom is -0.490 e. The van der Waals surface area contributed by atoms with Crippen molar-refractivity contribution < 1.29 is 24.2 Å². The molecule has 0 unspecified atom stereocenters. The van der Waals surface area contributed by atoms with Crippen LogP contribution in [-0.2, 0) is 4.79 Å². The van der Waals surface area contributed by atoms with Crippen LogP contribution in [0.25, 0.3) is 0 Å². The predicted molar refractivity (Wildman–Crippen MR) is 89.6 cm³/mol. The lowest BCUT2D eigenvalue weighted by atomic mass is 10.1. The van der Waals surface area contributed by atoms with Crippen LogP contribution in [0.15, 0.2) is 18.2 Å². The summed E-state index contributed by atoms with van der Waals surface area (Å²) in [7, 11) is 0. The van der Waals surface area contributed by atoms with Crippen molar-refractivity contribution in [3.05, 3.63) is 23.8 Å². The lowest BCUT2D eigenvalue weighted by molar-refractivity contribution is -0.141. The van der Waals surface area contributed by atoms with Crippen molar-refractivity contribution in [2.45, 2.75) is 45.6 Å². The molecular formula is C18H25NO5. The Kier molecular flexibility index (Phi) is 6.46. The van der Waals surface area contributed by atoms with Crippen LogP contribution in [0.1, 0.15) is 49.9 Å². The second-order valence-electron chi connectivity index (χ2n) is 5.96. The zero-order valence-corrected chi connectivity index (χ0v) is 14.2. The van der Waals surface area contributed by atoms with Gasteiger partial charge in [0.25, 0.3) is 5.91 Å². The van der Waals surface area contributed by atoms with Gasteiger partial charge in [-0.3, -0.25) is 9.59 Å². The van der Waals surface area contributed by atoms with Crippen molar-refractivity contribution in [1.82, 2.24) is 5.32 Å². The van der Waals surface area contributed by atoms with E-state index in [9.17, 15) is 9.59 Å². The maximum atomic E-state index is 12.4. The second-order valence-corrected chi connectivity index (χ2v) is 5.96. The first-order valence-electron chi connectivity index (χ1n) is 8.48. The molecular weight excluding hydrogens is 310 g/mol. The third-order valence-electron chi connectivity index (χ3n) is 4.08. The highest BCUT2D eigenvalue weighted by atomic mass is 16.5.